The highest BCUT2D eigenvalue weighted by molar-refractivity contribution is 5.77. The summed E-state index contributed by atoms with van der Waals surface area (Å²) < 4.78 is 5.34. The van der Waals surface area contributed by atoms with Crippen molar-refractivity contribution in [3.63, 3.8) is 0 Å². The fraction of sp³-hybridized carbons (Fsp3) is 0.588. The number of carbonyl (C=O) groups is 1. The maximum Gasteiger partial charge on any atom is 0.220 e. The van der Waals surface area contributed by atoms with E-state index in [2.05, 4.69) is 36.5 Å². The van der Waals surface area contributed by atoms with Crippen molar-refractivity contribution in [2.24, 2.45) is 5.92 Å². The molecule has 1 atom stereocenters. The smallest absolute Gasteiger partial charge is 0.220 e. The lowest BCUT2D eigenvalue weighted by molar-refractivity contribution is -0.123. The van der Waals surface area contributed by atoms with Crippen molar-refractivity contribution < 1.29 is 9.53 Å². The first kappa shape index (κ1) is 13.6. The molecule has 1 saturated carbocycles. The minimum absolute atomic E-state index is 0.0304. The van der Waals surface area contributed by atoms with E-state index in [1.165, 1.54) is 11.1 Å². The van der Waals surface area contributed by atoms with Gasteiger partial charge in [-0.05, 0) is 49.7 Å². The molecule has 3 rings (SSSR count). The van der Waals surface area contributed by atoms with Crippen LogP contribution in [-0.2, 0) is 16.0 Å². The second-order valence-corrected chi connectivity index (χ2v) is 6.37. The van der Waals surface area contributed by atoms with Crippen LogP contribution in [0.4, 0.5) is 0 Å². The molecule has 2 fully saturated rings. The molecule has 3 heteroatoms. The Kier molecular flexibility index (Phi) is 3.79. The quantitative estimate of drug-likeness (QED) is 0.895. The molecular weight excluding hydrogens is 250 g/mol. The maximum absolute atomic E-state index is 12.2. The van der Waals surface area contributed by atoms with Crippen molar-refractivity contribution in [3.05, 3.63) is 35.4 Å². The lowest BCUT2D eigenvalue weighted by Gasteiger charge is -2.19. The minimum atomic E-state index is 0.0304. The zero-order valence-corrected chi connectivity index (χ0v) is 12.2. The van der Waals surface area contributed by atoms with Gasteiger partial charge in [-0.3, -0.25) is 4.79 Å². The number of amides is 1. The second-order valence-electron chi connectivity index (χ2n) is 6.37. The second kappa shape index (κ2) is 5.57. The first-order valence-electron chi connectivity index (χ1n) is 7.60. The average molecular weight is 273 g/mol. The van der Waals surface area contributed by atoms with Gasteiger partial charge in [0.25, 0.3) is 0 Å². The van der Waals surface area contributed by atoms with Crippen LogP contribution in [0, 0.1) is 12.8 Å². The Morgan fingerprint density at radius 1 is 1.40 bits per heavy atom. The fourth-order valence-electron chi connectivity index (χ4n) is 3.02. The molecular formula is C17H23NO2. The molecule has 1 amide bonds. The third-order valence-electron chi connectivity index (χ3n) is 4.55. The number of carbonyl (C=O) groups excluding carboxylic acids is 1. The number of rotatable bonds is 5. The van der Waals surface area contributed by atoms with Crippen molar-refractivity contribution >= 4 is 5.91 Å². The average Bonchev–Trinajstić information content (AvgIpc) is 2.96. The Bertz CT molecular complexity index is 488. The number of hydrogen-bond acceptors (Lipinski definition) is 2. The third-order valence-corrected chi connectivity index (χ3v) is 4.55. The predicted molar refractivity (Wildman–Crippen MR) is 78.5 cm³/mol. The molecule has 108 valence electrons. The molecule has 1 aliphatic carbocycles. The first-order valence-corrected chi connectivity index (χ1v) is 7.60. The predicted octanol–water partition coefficient (Wildman–Crippen LogP) is 2.61. The normalized spacial score (nSPS) is 23.6. The van der Waals surface area contributed by atoms with Gasteiger partial charge in [0.2, 0.25) is 5.91 Å². The molecule has 0 spiro atoms. The molecule has 1 aromatic rings. The number of hydrogen-bond donors (Lipinski definition) is 1. The summed E-state index contributed by atoms with van der Waals surface area (Å²) in [6, 6.07) is 8.46. The monoisotopic (exact) mass is 273 g/mol. The molecule has 0 bridgehead atoms. The SMILES string of the molecule is Cc1ccccc1CC1(NC(=O)C[C@@H]2CCOC2)CC1. The Morgan fingerprint density at radius 2 is 2.20 bits per heavy atom. The van der Waals surface area contributed by atoms with Crippen molar-refractivity contribution in [2.75, 3.05) is 13.2 Å². The van der Waals surface area contributed by atoms with E-state index in [1.54, 1.807) is 0 Å². The van der Waals surface area contributed by atoms with Crippen LogP contribution in [0.1, 0.15) is 36.8 Å². The van der Waals surface area contributed by atoms with E-state index in [9.17, 15) is 4.79 Å². The molecule has 20 heavy (non-hydrogen) atoms. The van der Waals surface area contributed by atoms with Gasteiger partial charge in [-0.2, -0.15) is 0 Å². The van der Waals surface area contributed by atoms with Crippen LogP contribution in [0.3, 0.4) is 0 Å². The molecule has 1 heterocycles. The Morgan fingerprint density at radius 3 is 2.85 bits per heavy atom. The molecule has 2 aliphatic rings. The first-order chi connectivity index (χ1) is 9.67. The highest BCUT2D eigenvalue weighted by atomic mass is 16.5. The van der Waals surface area contributed by atoms with Gasteiger partial charge in [-0.25, -0.2) is 0 Å². The van der Waals surface area contributed by atoms with Gasteiger partial charge in [0, 0.05) is 25.2 Å². The molecule has 0 unspecified atom stereocenters. The van der Waals surface area contributed by atoms with E-state index in [0.29, 0.717) is 12.3 Å². The highest BCUT2D eigenvalue weighted by Crippen LogP contribution is 2.39. The van der Waals surface area contributed by atoms with Crippen LogP contribution in [0.15, 0.2) is 24.3 Å². The van der Waals surface area contributed by atoms with E-state index in [1.807, 2.05) is 0 Å². The summed E-state index contributed by atoms with van der Waals surface area (Å²) in [5.74, 6) is 0.621. The number of aryl methyl sites for hydroxylation is 1. The number of nitrogens with one attached hydrogen (secondary N) is 1. The lowest BCUT2D eigenvalue weighted by atomic mass is 9.98. The third kappa shape index (κ3) is 3.21. The Labute approximate surface area is 120 Å². The fourth-order valence-corrected chi connectivity index (χ4v) is 3.02. The molecule has 1 saturated heterocycles. The van der Waals surface area contributed by atoms with Crippen molar-refractivity contribution in [1.29, 1.82) is 0 Å². The molecule has 1 N–H and O–H groups in total. The van der Waals surface area contributed by atoms with E-state index >= 15 is 0 Å². The number of benzene rings is 1. The summed E-state index contributed by atoms with van der Waals surface area (Å²) in [4.78, 5) is 12.2. The summed E-state index contributed by atoms with van der Waals surface area (Å²) in [6.07, 6.45) is 4.82. The van der Waals surface area contributed by atoms with Gasteiger partial charge in [0.15, 0.2) is 0 Å². The van der Waals surface area contributed by atoms with Gasteiger partial charge >= 0.3 is 0 Å². The molecule has 0 radical (unpaired) electrons. The maximum atomic E-state index is 12.2. The Balaban J connectivity index is 1.56. The van der Waals surface area contributed by atoms with Gasteiger partial charge in [-0.15, -0.1) is 0 Å². The van der Waals surface area contributed by atoms with E-state index in [-0.39, 0.29) is 11.4 Å². The van der Waals surface area contributed by atoms with Crippen molar-refractivity contribution in [3.8, 4) is 0 Å². The van der Waals surface area contributed by atoms with Crippen LogP contribution in [0.5, 0.6) is 0 Å². The van der Waals surface area contributed by atoms with Crippen LogP contribution in [0.25, 0.3) is 0 Å². The molecule has 1 aromatic carbocycles. The van der Waals surface area contributed by atoms with Gasteiger partial charge in [0.05, 0.1) is 0 Å². The van der Waals surface area contributed by atoms with E-state index in [0.717, 1.165) is 38.9 Å². The van der Waals surface area contributed by atoms with E-state index in [4.69, 9.17) is 4.74 Å². The summed E-state index contributed by atoms with van der Waals surface area (Å²) in [5, 5.41) is 3.28. The van der Waals surface area contributed by atoms with Gasteiger partial charge in [-0.1, -0.05) is 24.3 Å². The molecule has 0 aromatic heterocycles. The zero-order chi connectivity index (χ0) is 14.0. The Hall–Kier alpha value is -1.35. The minimum Gasteiger partial charge on any atom is -0.381 e. The molecule has 3 nitrogen and oxygen atoms in total. The van der Waals surface area contributed by atoms with E-state index < -0.39 is 0 Å². The van der Waals surface area contributed by atoms with Crippen LogP contribution in [0.2, 0.25) is 0 Å². The summed E-state index contributed by atoms with van der Waals surface area (Å²) in [6.45, 7) is 3.70. The van der Waals surface area contributed by atoms with Crippen LogP contribution in [-0.4, -0.2) is 24.7 Å². The molecule has 1 aliphatic heterocycles. The summed E-state index contributed by atoms with van der Waals surface area (Å²) >= 11 is 0. The standard InChI is InChI=1S/C17H23NO2/c1-13-4-2-3-5-15(13)11-17(7-8-17)18-16(19)10-14-6-9-20-12-14/h2-5,14H,6-12H2,1H3,(H,18,19)/t14-/m0/s1. The van der Waals surface area contributed by atoms with Gasteiger partial charge < -0.3 is 10.1 Å². The highest BCUT2D eigenvalue weighted by Gasteiger charge is 2.44. The zero-order valence-electron chi connectivity index (χ0n) is 12.2. The lowest BCUT2D eigenvalue weighted by Crippen LogP contribution is -2.39. The number of ether oxygens (including phenoxy) is 1. The van der Waals surface area contributed by atoms with Crippen LogP contribution < -0.4 is 5.32 Å². The topological polar surface area (TPSA) is 38.3 Å². The summed E-state index contributed by atoms with van der Waals surface area (Å²) in [5.41, 5.74) is 2.70. The summed E-state index contributed by atoms with van der Waals surface area (Å²) in [7, 11) is 0. The van der Waals surface area contributed by atoms with Crippen molar-refractivity contribution in [2.45, 2.75) is 44.6 Å². The van der Waals surface area contributed by atoms with Crippen molar-refractivity contribution in [1.82, 2.24) is 5.32 Å². The van der Waals surface area contributed by atoms with Crippen LogP contribution >= 0.6 is 0 Å². The largest absolute Gasteiger partial charge is 0.381 e. The van der Waals surface area contributed by atoms with Gasteiger partial charge in [0.1, 0.15) is 0 Å².